The van der Waals surface area contributed by atoms with Crippen LogP contribution in [0.2, 0.25) is 0 Å². The molecule has 0 heterocycles. The SMILES string of the molecule is CCC(C(C)(C)C)C(C)(C)C(C)(C)C. The molecule has 1 unspecified atom stereocenters. The van der Waals surface area contributed by atoms with Crippen LogP contribution in [0.1, 0.15) is 68.7 Å². The molecule has 0 N–H and O–H groups in total. The first-order valence-electron chi connectivity index (χ1n) is 5.94. The van der Waals surface area contributed by atoms with E-state index in [1.165, 1.54) is 6.42 Å². The summed E-state index contributed by atoms with van der Waals surface area (Å²) in [5.41, 5.74) is 1.17. The molecule has 0 aliphatic rings. The molecule has 0 aromatic rings. The Hall–Kier alpha value is 0. The Labute approximate surface area is 91.5 Å². The summed E-state index contributed by atoms with van der Waals surface area (Å²) in [6, 6.07) is 0. The van der Waals surface area contributed by atoms with Gasteiger partial charge in [-0.3, -0.25) is 0 Å². The highest BCUT2D eigenvalue weighted by Crippen LogP contribution is 2.51. The molecule has 0 bridgehead atoms. The van der Waals surface area contributed by atoms with E-state index in [2.05, 4.69) is 62.3 Å². The molecule has 0 saturated heterocycles. The van der Waals surface area contributed by atoms with Gasteiger partial charge in [-0.15, -0.1) is 0 Å². The maximum absolute atomic E-state index is 2.42. The maximum Gasteiger partial charge on any atom is -0.0272 e. The lowest BCUT2D eigenvalue weighted by Gasteiger charge is -2.50. The fourth-order valence-electron chi connectivity index (χ4n) is 2.73. The zero-order valence-corrected chi connectivity index (χ0v) is 11.8. The van der Waals surface area contributed by atoms with Crippen molar-refractivity contribution in [1.82, 2.24) is 0 Å². The van der Waals surface area contributed by atoms with Crippen LogP contribution in [0.5, 0.6) is 0 Å². The topological polar surface area (TPSA) is 0 Å². The predicted octanol–water partition coefficient (Wildman–Crippen LogP) is 5.13. The fourth-order valence-corrected chi connectivity index (χ4v) is 2.73. The van der Waals surface area contributed by atoms with Crippen molar-refractivity contribution in [2.75, 3.05) is 0 Å². The molecule has 0 rings (SSSR count). The van der Waals surface area contributed by atoms with E-state index in [9.17, 15) is 0 Å². The molecule has 0 aromatic carbocycles. The van der Waals surface area contributed by atoms with Gasteiger partial charge in [-0.2, -0.15) is 0 Å². The van der Waals surface area contributed by atoms with E-state index >= 15 is 0 Å². The maximum atomic E-state index is 2.42. The minimum Gasteiger partial charge on any atom is -0.0651 e. The first-order chi connectivity index (χ1) is 5.94. The van der Waals surface area contributed by atoms with Crippen molar-refractivity contribution in [3.63, 3.8) is 0 Å². The van der Waals surface area contributed by atoms with E-state index in [-0.39, 0.29) is 0 Å². The molecule has 0 aromatic heterocycles. The number of rotatable bonds is 2. The lowest BCUT2D eigenvalue weighted by atomic mass is 9.55. The lowest BCUT2D eigenvalue weighted by Crippen LogP contribution is -2.42. The molecule has 0 spiro atoms. The van der Waals surface area contributed by atoms with Gasteiger partial charge in [0.05, 0.1) is 0 Å². The van der Waals surface area contributed by atoms with E-state index in [1.54, 1.807) is 0 Å². The van der Waals surface area contributed by atoms with Gasteiger partial charge in [-0.05, 0) is 22.2 Å². The Bertz CT molecular complexity index is 173. The minimum atomic E-state index is 0.376. The van der Waals surface area contributed by atoms with Crippen molar-refractivity contribution in [2.24, 2.45) is 22.2 Å². The highest BCUT2D eigenvalue weighted by Gasteiger charge is 2.43. The first kappa shape index (κ1) is 14.0. The minimum absolute atomic E-state index is 0.376. The summed E-state index contributed by atoms with van der Waals surface area (Å²) in [7, 11) is 0. The van der Waals surface area contributed by atoms with Gasteiger partial charge >= 0.3 is 0 Å². The largest absolute Gasteiger partial charge is 0.0651 e. The quantitative estimate of drug-likeness (QED) is 0.577. The highest BCUT2D eigenvalue weighted by atomic mass is 14.5. The summed E-state index contributed by atoms with van der Waals surface area (Å²) in [5, 5.41) is 0. The Kier molecular flexibility index (Phi) is 3.87. The summed E-state index contributed by atoms with van der Waals surface area (Å²) in [6.45, 7) is 21.4. The van der Waals surface area contributed by atoms with Gasteiger partial charge in [-0.1, -0.05) is 68.7 Å². The van der Waals surface area contributed by atoms with Crippen LogP contribution >= 0.6 is 0 Å². The summed E-state index contributed by atoms with van der Waals surface area (Å²) >= 11 is 0. The fraction of sp³-hybridized carbons (Fsp3) is 1.00. The van der Waals surface area contributed by atoms with E-state index in [0.29, 0.717) is 16.2 Å². The number of hydrogen-bond acceptors (Lipinski definition) is 0. The molecule has 0 radical (unpaired) electrons. The predicted molar refractivity (Wildman–Crippen MR) is 66.5 cm³/mol. The van der Waals surface area contributed by atoms with E-state index < -0.39 is 0 Å². The molecule has 0 amide bonds. The molecule has 0 saturated carbocycles. The lowest BCUT2D eigenvalue weighted by molar-refractivity contribution is -0.0106. The van der Waals surface area contributed by atoms with Gasteiger partial charge in [0.25, 0.3) is 0 Å². The van der Waals surface area contributed by atoms with Crippen molar-refractivity contribution >= 4 is 0 Å². The van der Waals surface area contributed by atoms with E-state index in [1.807, 2.05) is 0 Å². The van der Waals surface area contributed by atoms with Gasteiger partial charge in [0.2, 0.25) is 0 Å². The standard InChI is InChI=1S/C14H30/c1-10-11(12(2,3)4)14(8,9)13(5,6)7/h11H,10H2,1-9H3. The van der Waals surface area contributed by atoms with Gasteiger partial charge in [0.15, 0.2) is 0 Å². The molecule has 14 heavy (non-hydrogen) atoms. The average molecular weight is 198 g/mol. The summed E-state index contributed by atoms with van der Waals surface area (Å²) < 4.78 is 0. The Morgan fingerprint density at radius 3 is 1.21 bits per heavy atom. The van der Waals surface area contributed by atoms with Crippen molar-refractivity contribution in [3.05, 3.63) is 0 Å². The Balaban J connectivity index is 5.04. The van der Waals surface area contributed by atoms with Crippen LogP contribution < -0.4 is 0 Å². The zero-order valence-electron chi connectivity index (χ0n) is 11.8. The molecular formula is C14H30. The molecule has 0 aliphatic heterocycles. The normalized spacial score (nSPS) is 16.9. The van der Waals surface area contributed by atoms with Crippen molar-refractivity contribution < 1.29 is 0 Å². The molecular weight excluding hydrogens is 168 g/mol. The smallest absolute Gasteiger partial charge is 0.0272 e. The average Bonchev–Trinajstić information content (AvgIpc) is 1.80. The third-order valence-electron chi connectivity index (χ3n) is 4.26. The van der Waals surface area contributed by atoms with Crippen molar-refractivity contribution in [3.8, 4) is 0 Å². The third kappa shape index (κ3) is 2.74. The second-order valence-electron chi connectivity index (χ2n) is 7.30. The molecule has 0 aliphatic carbocycles. The van der Waals surface area contributed by atoms with Crippen LogP contribution in [0.15, 0.2) is 0 Å². The summed E-state index contributed by atoms with van der Waals surface area (Å²) in [4.78, 5) is 0. The monoisotopic (exact) mass is 198 g/mol. The van der Waals surface area contributed by atoms with Crippen LogP contribution in [0.3, 0.4) is 0 Å². The molecule has 0 nitrogen and oxygen atoms in total. The van der Waals surface area contributed by atoms with Gasteiger partial charge in [0.1, 0.15) is 0 Å². The molecule has 0 fully saturated rings. The third-order valence-corrected chi connectivity index (χ3v) is 4.26. The zero-order chi connectivity index (χ0) is 11.8. The van der Waals surface area contributed by atoms with Gasteiger partial charge in [0, 0.05) is 0 Å². The van der Waals surface area contributed by atoms with Crippen LogP contribution in [0.4, 0.5) is 0 Å². The molecule has 0 heteroatoms. The van der Waals surface area contributed by atoms with Crippen LogP contribution in [-0.2, 0) is 0 Å². The first-order valence-corrected chi connectivity index (χ1v) is 5.94. The second-order valence-corrected chi connectivity index (χ2v) is 7.30. The summed E-state index contributed by atoms with van der Waals surface area (Å²) in [5.74, 6) is 0.773. The second kappa shape index (κ2) is 3.87. The van der Waals surface area contributed by atoms with Gasteiger partial charge < -0.3 is 0 Å². The number of hydrogen-bond donors (Lipinski definition) is 0. The van der Waals surface area contributed by atoms with Crippen LogP contribution in [0.25, 0.3) is 0 Å². The van der Waals surface area contributed by atoms with Crippen molar-refractivity contribution in [1.29, 1.82) is 0 Å². The highest BCUT2D eigenvalue weighted by molar-refractivity contribution is 4.92. The van der Waals surface area contributed by atoms with Crippen LogP contribution in [-0.4, -0.2) is 0 Å². The molecule has 86 valence electrons. The van der Waals surface area contributed by atoms with E-state index in [0.717, 1.165) is 5.92 Å². The summed E-state index contributed by atoms with van der Waals surface area (Å²) in [6.07, 6.45) is 1.27. The van der Waals surface area contributed by atoms with Crippen molar-refractivity contribution in [2.45, 2.75) is 68.7 Å². The Morgan fingerprint density at radius 1 is 0.786 bits per heavy atom. The van der Waals surface area contributed by atoms with E-state index in [4.69, 9.17) is 0 Å². The van der Waals surface area contributed by atoms with Crippen LogP contribution in [0, 0.1) is 22.2 Å². The Morgan fingerprint density at radius 2 is 1.14 bits per heavy atom. The molecule has 1 atom stereocenters. The van der Waals surface area contributed by atoms with Gasteiger partial charge in [-0.25, -0.2) is 0 Å².